The van der Waals surface area contributed by atoms with Crippen molar-refractivity contribution in [2.75, 3.05) is 26.3 Å². The van der Waals surface area contributed by atoms with E-state index < -0.39 is 5.79 Å². The molecule has 2 aliphatic rings. The molecular formula is C18H18Cl2N2O3S. The van der Waals surface area contributed by atoms with Gasteiger partial charge in [0, 0.05) is 42.6 Å². The average molecular weight is 413 g/mol. The van der Waals surface area contributed by atoms with Crippen LogP contribution in [0.2, 0.25) is 10.0 Å². The van der Waals surface area contributed by atoms with Crippen LogP contribution in [0.4, 0.5) is 0 Å². The van der Waals surface area contributed by atoms with Crippen molar-refractivity contribution in [3.8, 4) is 10.6 Å². The lowest BCUT2D eigenvalue weighted by molar-refractivity contribution is -0.187. The van der Waals surface area contributed by atoms with Gasteiger partial charge in [-0.1, -0.05) is 29.3 Å². The number of hydrogen-bond acceptors (Lipinski definition) is 5. The molecule has 26 heavy (non-hydrogen) atoms. The second kappa shape index (κ2) is 7.44. The summed E-state index contributed by atoms with van der Waals surface area (Å²) in [6.45, 7) is 2.59. The van der Waals surface area contributed by atoms with Gasteiger partial charge in [0.05, 0.1) is 29.7 Å². The Bertz CT molecular complexity index is 790. The number of thiazole rings is 1. The van der Waals surface area contributed by atoms with Gasteiger partial charge in [-0.2, -0.15) is 0 Å². The van der Waals surface area contributed by atoms with E-state index in [9.17, 15) is 4.79 Å². The Morgan fingerprint density at radius 3 is 2.50 bits per heavy atom. The highest BCUT2D eigenvalue weighted by molar-refractivity contribution is 7.15. The largest absolute Gasteiger partial charge is 0.347 e. The summed E-state index contributed by atoms with van der Waals surface area (Å²) in [6, 6.07) is 5.37. The molecule has 8 heteroatoms. The molecule has 2 fully saturated rings. The molecule has 2 saturated heterocycles. The lowest BCUT2D eigenvalue weighted by atomic mass is 10.0. The monoisotopic (exact) mass is 412 g/mol. The van der Waals surface area contributed by atoms with Gasteiger partial charge in [-0.3, -0.25) is 4.79 Å². The maximum atomic E-state index is 12.6. The lowest BCUT2D eigenvalue weighted by Crippen LogP contribution is -2.47. The molecule has 2 aliphatic heterocycles. The smallest absolute Gasteiger partial charge is 0.227 e. The zero-order valence-electron chi connectivity index (χ0n) is 14.0. The van der Waals surface area contributed by atoms with E-state index in [1.54, 1.807) is 24.4 Å². The van der Waals surface area contributed by atoms with E-state index in [1.165, 1.54) is 11.3 Å². The average Bonchev–Trinajstić information content (AvgIpc) is 3.26. The first-order chi connectivity index (χ1) is 12.6. The predicted molar refractivity (Wildman–Crippen MR) is 102 cm³/mol. The van der Waals surface area contributed by atoms with Crippen molar-refractivity contribution in [2.45, 2.75) is 25.0 Å². The Balaban J connectivity index is 1.41. The third kappa shape index (κ3) is 3.62. The molecule has 138 valence electrons. The van der Waals surface area contributed by atoms with E-state index >= 15 is 0 Å². The number of piperidine rings is 1. The van der Waals surface area contributed by atoms with E-state index in [0.717, 1.165) is 28.3 Å². The minimum Gasteiger partial charge on any atom is -0.347 e. The van der Waals surface area contributed by atoms with Crippen LogP contribution in [0.3, 0.4) is 0 Å². The molecule has 0 unspecified atom stereocenters. The van der Waals surface area contributed by atoms with E-state index in [2.05, 4.69) is 4.98 Å². The molecule has 3 heterocycles. The van der Waals surface area contributed by atoms with Crippen LogP contribution in [-0.4, -0.2) is 47.9 Å². The molecule has 0 N–H and O–H groups in total. The highest BCUT2D eigenvalue weighted by Crippen LogP contribution is 2.37. The highest BCUT2D eigenvalue weighted by Gasteiger charge is 2.40. The van der Waals surface area contributed by atoms with Crippen LogP contribution in [-0.2, 0) is 20.7 Å². The zero-order chi connectivity index (χ0) is 18.1. The number of rotatable bonds is 3. The second-order valence-corrected chi connectivity index (χ2v) is 8.32. The van der Waals surface area contributed by atoms with Gasteiger partial charge in [-0.05, 0) is 12.1 Å². The number of benzene rings is 1. The van der Waals surface area contributed by atoms with Crippen LogP contribution in [0.15, 0.2) is 24.4 Å². The molecule has 2 aromatic rings. The van der Waals surface area contributed by atoms with E-state index in [1.807, 2.05) is 4.90 Å². The Morgan fingerprint density at radius 2 is 1.85 bits per heavy atom. The molecule has 0 aliphatic carbocycles. The number of halogens is 2. The van der Waals surface area contributed by atoms with Crippen LogP contribution < -0.4 is 0 Å². The first-order valence-corrected chi connectivity index (χ1v) is 10.1. The molecule has 0 atom stereocenters. The van der Waals surface area contributed by atoms with E-state index in [-0.39, 0.29) is 5.91 Å². The third-order valence-corrected chi connectivity index (χ3v) is 6.39. The summed E-state index contributed by atoms with van der Waals surface area (Å²) in [5, 5.41) is 1.85. The van der Waals surface area contributed by atoms with E-state index in [0.29, 0.717) is 42.8 Å². The SMILES string of the molecule is O=C(Cc1cnc(-c2c(Cl)cccc2Cl)s1)N1CCC2(CC1)OCCO2. The van der Waals surface area contributed by atoms with Crippen molar-refractivity contribution >= 4 is 40.4 Å². The van der Waals surface area contributed by atoms with E-state index in [4.69, 9.17) is 32.7 Å². The highest BCUT2D eigenvalue weighted by atomic mass is 35.5. The van der Waals surface area contributed by atoms with Gasteiger partial charge in [0.15, 0.2) is 5.79 Å². The molecule has 0 bridgehead atoms. The third-order valence-electron chi connectivity index (χ3n) is 4.75. The van der Waals surface area contributed by atoms with Crippen LogP contribution in [0.5, 0.6) is 0 Å². The molecule has 1 spiro atoms. The summed E-state index contributed by atoms with van der Waals surface area (Å²) in [5.74, 6) is -0.367. The minimum atomic E-state index is -0.463. The topological polar surface area (TPSA) is 51.7 Å². The number of carbonyl (C=O) groups excluding carboxylic acids is 1. The van der Waals surface area contributed by atoms with Crippen molar-refractivity contribution in [1.29, 1.82) is 0 Å². The molecule has 1 amide bonds. The van der Waals surface area contributed by atoms with Gasteiger partial charge in [0.2, 0.25) is 5.91 Å². The Labute approximate surface area is 165 Å². The zero-order valence-corrected chi connectivity index (χ0v) is 16.4. The van der Waals surface area contributed by atoms with Crippen molar-refractivity contribution in [3.05, 3.63) is 39.3 Å². The summed E-state index contributed by atoms with van der Waals surface area (Å²) in [7, 11) is 0. The first kappa shape index (κ1) is 18.2. The fraction of sp³-hybridized carbons (Fsp3) is 0.444. The first-order valence-electron chi connectivity index (χ1n) is 8.51. The van der Waals surface area contributed by atoms with Crippen LogP contribution in [0.1, 0.15) is 17.7 Å². The molecule has 5 nitrogen and oxygen atoms in total. The molecule has 4 rings (SSSR count). The quantitative estimate of drug-likeness (QED) is 0.763. The maximum Gasteiger partial charge on any atom is 0.227 e. The summed E-state index contributed by atoms with van der Waals surface area (Å²) in [6.07, 6.45) is 3.50. The number of nitrogens with zero attached hydrogens (tertiary/aromatic N) is 2. The number of carbonyl (C=O) groups is 1. The Hall–Kier alpha value is -1.18. The molecule has 0 saturated carbocycles. The van der Waals surface area contributed by atoms with Crippen LogP contribution in [0, 0.1) is 0 Å². The van der Waals surface area contributed by atoms with Crippen LogP contribution >= 0.6 is 34.5 Å². The Morgan fingerprint density at radius 1 is 1.19 bits per heavy atom. The van der Waals surface area contributed by atoms with Crippen LogP contribution in [0.25, 0.3) is 10.6 Å². The molecule has 0 radical (unpaired) electrons. The molecular weight excluding hydrogens is 395 g/mol. The second-order valence-electron chi connectivity index (χ2n) is 6.39. The predicted octanol–water partition coefficient (Wildman–Crippen LogP) is 4.02. The van der Waals surface area contributed by atoms with Gasteiger partial charge in [0.1, 0.15) is 5.01 Å². The van der Waals surface area contributed by atoms with Gasteiger partial charge in [-0.15, -0.1) is 11.3 Å². The molecule has 1 aromatic carbocycles. The Kier molecular flexibility index (Phi) is 5.21. The van der Waals surface area contributed by atoms with Gasteiger partial charge >= 0.3 is 0 Å². The maximum absolute atomic E-state index is 12.6. The van der Waals surface area contributed by atoms with Crippen molar-refractivity contribution in [2.24, 2.45) is 0 Å². The van der Waals surface area contributed by atoms with Gasteiger partial charge in [-0.25, -0.2) is 4.98 Å². The number of aromatic nitrogens is 1. The number of amides is 1. The summed E-state index contributed by atoms with van der Waals surface area (Å²) >= 11 is 13.9. The number of ether oxygens (including phenoxy) is 2. The van der Waals surface area contributed by atoms with Crippen molar-refractivity contribution in [3.63, 3.8) is 0 Å². The standard InChI is InChI=1S/C18H18Cl2N2O3S/c19-13-2-1-3-14(20)16(13)17-21-11-12(26-17)10-15(23)22-6-4-18(5-7-22)24-8-9-25-18/h1-3,11H,4-10H2. The van der Waals surface area contributed by atoms with Crippen molar-refractivity contribution < 1.29 is 14.3 Å². The summed E-state index contributed by atoms with van der Waals surface area (Å²) < 4.78 is 11.4. The van der Waals surface area contributed by atoms with Gasteiger partial charge < -0.3 is 14.4 Å². The van der Waals surface area contributed by atoms with Gasteiger partial charge in [0.25, 0.3) is 0 Å². The summed E-state index contributed by atoms with van der Waals surface area (Å²) in [5.41, 5.74) is 0.718. The fourth-order valence-electron chi connectivity index (χ4n) is 3.35. The fourth-order valence-corrected chi connectivity index (χ4v) is 5.02. The van der Waals surface area contributed by atoms with Crippen molar-refractivity contribution in [1.82, 2.24) is 9.88 Å². The molecule has 1 aromatic heterocycles. The normalized spacial score (nSPS) is 19.2. The minimum absolute atomic E-state index is 0.0957. The number of likely N-dealkylation sites (tertiary alicyclic amines) is 1. The summed E-state index contributed by atoms with van der Waals surface area (Å²) in [4.78, 5) is 19.8. The number of hydrogen-bond donors (Lipinski definition) is 0. The lowest BCUT2D eigenvalue weighted by Gasteiger charge is -2.37.